The third-order valence-corrected chi connectivity index (χ3v) is 11.3. The van der Waals surface area contributed by atoms with Crippen LogP contribution >= 0.6 is 11.3 Å². The van der Waals surface area contributed by atoms with Crippen LogP contribution < -0.4 is 4.90 Å². The highest BCUT2D eigenvalue weighted by atomic mass is 32.1. The molecule has 244 valence electrons. The van der Waals surface area contributed by atoms with E-state index in [-0.39, 0.29) is 0 Å². The summed E-state index contributed by atoms with van der Waals surface area (Å²) in [5, 5.41) is 7.63. The van der Waals surface area contributed by atoms with Gasteiger partial charge in [-0.1, -0.05) is 133 Å². The molecule has 10 rings (SSSR count). The van der Waals surface area contributed by atoms with Gasteiger partial charge in [0.15, 0.2) is 0 Å². The van der Waals surface area contributed by atoms with E-state index in [0.29, 0.717) is 0 Å². The Labute approximate surface area is 306 Å². The van der Waals surface area contributed by atoms with Crippen molar-refractivity contribution in [1.29, 1.82) is 0 Å². The Balaban J connectivity index is 1.07. The van der Waals surface area contributed by atoms with Crippen molar-refractivity contribution < 1.29 is 0 Å². The lowest BCUT2D eigenvalue weighted by Gasteiger charge is -2.26. The monoisotopic (exact) mass is 680 g/mol. The second-order valence-corrected chi connectivity index (χ2v) is 14.3. The molecular formula is C49H32N2S. The van der Waals surface area contributed by atoms with Crippen molar-refractivity contribution in [2.75, 3.05) is 4.90 Å². The van der Waals surface area contributed by atoms with Gasteiger partial charge in [0, 0.05) is 50.5 Å². The topological polar surface area (TPSA) is 16.1 Å². The average Bonchev–Trinajstić information content (AvgIpc) is 3.61. The summed E-state index contributed by atoms with van der Waals surface area (Å²) < 4.78 is 2.50. The Kier molecular flexibility index (Phi) is 7.37. The number of pyridine rings is 1. The lowest BCUT2D eigenvalue weighted by atomic mass is 9.93. The van der Waals surface area contributed by atoms with E-state index in [4.69, 9.17) is 0 Å². The number of thiophene rings is 1. The minimum absolute atomic E-state index is 1.09. The first kappa shape index (κ1) is 30.3. The number of hydrogen-bond donors (Lipinski definition) is 0. The maximum Gasteiger partial charge on any atom is 0.0545 e. The molecule has 0 unspecified atom stereocenters. The molecule has 0 bridgehead atoms. The molecule has 8 aromatic carbocycles. The minimum atomic E-state index is 1.09. The summed E-state index contributed by atoms with van der Waals surface area (Å²) in [6.07, 6.45) is 3.99. The Morgan fingerprint density at radius 2 is 0.885 bits per heavy atom. The van der Waals surface area contributed by atoms with Gasteiger partial charge in [-0.25, -0.2) is 0 Å². The summed E-state index contributed by atoms with van der Waals surface area (Å²) in [6, 6.07) is 65.8. The van der Waals surface area contributed by atoms with Crippen LogP contribution in [0.3, 0.4) is 0 Å². The fraction of sp³-hybridized carbons (Fsp3) is 0. The fourth-order valence-electron chi connectivity index (χ4n) is 7.65. The van der Waals surface area contributed by atoms with E-state index in [9.17, 15) is 0 Å². The van der Waals surface area contributed by atoms with Crippen molar-refractivity contribution in [3.05, 3.63) is 194 Å². The fourth-order valence-corrected chi connectivity index (χ4v) is 8.75. The summed E-state index contributed by atoms with van der Waals surface area (Å²) >= 11 is 1.80. The summed E-state index contributed by atoms with van der Waals surface area (Å²) in [7, 11) is 0. The van der Waals surface area contributed by atoms with Gasteiger partial charge in [-0.05, 0) is 97.9 Å². The van der Waals surface area contributed by atoms with E-state index in [1.54, 1.807) is 11.3 Å². The molecule has 0 N–H and O–H groups in total. The number of benzene rings is 8. The third-order valence-electron chi connectivity index (χ3n) is 10.2. The number of nitrogens with zero attached hydrogens (tertiary/aromatic N) is 2. The van der Waals surface area contributed by atoms with Gasteiger partial charge < -0.3 is 4.90 Å². The van der Waals surface area contributed by atoms with Crippen LogP contribution in [0.5, 0.6) is 0 Å². The molecule has 0 aliphatic heterocycles. The van der Waals surface area contributed by atoms with Crippen LogP contribution in [0, 0.1) is 0 Å². The number of fused-ring (bicyclic) bond motifs is 6. The van der Waals surface area contributed by atoms with E-state index in [1.165, 1.54) is 64.0 Å². The molecule has 0 aliphatic carbocycles. The molecule has 10 aromatic rings. The van der Waals surface area contributed by atoms with Crippen molar-refractivity contribution in [2.24, 2.45) is 0 Å². The van der Waals surface area contributed by atoms with E-state index in [2.05, 4.69) is 192 Å². The first-order valence-electron chi connectivity index (χ1n) is 17.6. The lowest BCUT2D eigenvalue weighted by Crippen LogP contribution is -2.09. The van der Waals surface area contributed by atoms with Crippen molar-refractivity contribution in [3.63, 3.8) is 0 Å². The highest BCUT2D eigenvalue weighted by Gasteiger charge is 2.16. The summed E-state index contributed by atoms with van der Waals surface area (Å²) in [5.74, 6) is 0. The summed E-state index contributed by atoms with van der Waals surface area (Å²) in [5.41, 5.74) is 10.5. The average molecular weight is 681 g/mol. The molecule has 2 aromatic heterocycles. The highest BCUT2D eigenvalue weighted by Crippen LogP contribution is 2.42. The van der Waals surface area contributed by atoms with Gasteiger partial charge in [0.1, 0.15) is 0 Å². The van der Waals surface area contributed by atoms with Gasteiger partial charge in [0.25, 0.3) is 0 Å². The molecule has 3 heteroatoms. The van der Waals surface area contributed by atoms with Crippen LogP contribution in [0.2, 0.25) is 0 Å². The number of aromatic nitrogens is 1. The SMILES string of the molecule is c1ccc(-c2ccc(N(c3ccc(-c4cc5ccccc5c5ccccc45)cc3)c3ccc(-c4cncc5sc6ccccc6c45)cc3)cc2)cc1. The van der Waals surface area contributed by atoms with Crippen molar-refractivity contribution in [3.8, 4) is 33.4 Å². The van der Waals surface area contributed by atoms with Gasteiger partial charge in [0.05, 0.1) is 4.70 Å². The molecule has 52 heavy (non-hydrogen) atoms. The van der Waals surface area contributed by atoms with Gasteiger partial charge in [-0.2, -0.15) is 0 Å². The number of hydrogen-bond acceptors (Lipinski definition) is 3. The van der Waals surface area contributed by atoms with E-state index >= 15 is 0 Å². The minimum Gasteiger partial charge on any atom is -0.311 e. The Morgan fingerprint density at radius 3 is 1.58 bits per heavy atom. The van der Waals surface area contributed by atoms with Gasteiger partial charge in [-0.3, -0.25) is 4.98 Å². The Morgan fingerprint density at radius 1 is 0.365 bits per heavy atom. The van der Waals surface area contributed by atoms with E-state index in [1.807, 2.05) is 12.4 Å². The first-order chi connectivity index (χ1) is 25.8. The highest BCUT2D eigenvalue weighted by molar-refractivity contribution is 7.25. The largest absolute Gasteiger partial charge is 0.311 e. The Bertz CT molecular complexity index is 2870. The molecule has 0 aliphatic rings. The van der Waals surface area contributed by atoms with Crippen molar-refractivity contribution >= 4 is 70.1 Å². The molecule has 0 spiro atoms. The molecule has 0 saturated heterocycles. The van der Waals surface area contributed by atoms with E-state index in [0.717, 1.165) is 28.2 Å². The molecule has 2 nitrogen and oxygen atoms in total. The Hall–Kier alpha value is -6.55. The molecule has 0 radical (unpaired) electrons. The quantitative estimate of drug-likeness (QED) is 0.163. The molecule has 0 fully saturated rings. The first-order valence-corrected chi connectivity index (χ1v) is 18.4. The second-order valence-electron chi connectivity index (χ2n) is 13.2. The normalized spacial score (nSPS) is 11.5. The van der Waals surface area contributed by atoms with Crippen LogP contribution in [0.15, 0.2) is 194 Å². The van der Waals surface area contributed by atoms with Gasteiger partial charge in [-0.15, -0.1) is 11.3 Å². The van der Waals surface area contributed by atoms with Gasteiger partial charge >= 0.3 is 0 Å². The molecule has 0 amide bonds. The zero-order chi connectivity index (χ0) is 34.4. The van der Waals surface area contributed by atoms with Crippen LogP contribution in [-0.4, -0.2) is 4.98 Å². The number of anilines is 3. The van der Waals surface area contributed by atoms with Crippen molar-refractivity contribution in [1.82, 2.24) is 4.98 Å². The molecule has 0 saturated carbocycles. The van der Waals surface area contributed by atoms with Crippen LogP contribution in [0.4, 0.5) is 17.1 Å². The second kappa shape index (κ2) is 12.6. The third kappa shape index (κ3) is 5.22. The zero-order valence-electron chi connectivity index (χ0n) is 28.3. The smallest absolute Gasteiger partial charge is 0.0545 e. The predicted molar refractivity (Wildman–Crippen MR) is 223 cm³/mol. The van der Waals surface area contributed by atoms with Crippen LogP contribution in [0.25, 0.3) is 75.1 Å². The summed E-state index contributed by atoms with van der Waals surface area (Å²) in [4.78, 5) is 6.99. The zero-order valence-corrected chi connectivity index (χ0v) is 29.1. The maximum atomic E-state index is 4.64. The lowest BCUT2D eigenvalue weighted by molar-refractivity contribution is 1.28. The van der Waals surface area contributed by atoms with E-state index < -0.39 is 0 Å². The van der Waals surface area contributed by atoms with Crippen LogP contribution in [-0.2, 0) is 0 Å². The predicted octanol–water partition coefficient (Wildman–Crippen LogP) is 14.2. The molecule has 2 heterocycles. The standard InChI is InChI=1S/C49H32N2S/c1-2-10-33(11-3-1)34-18-24-38(25-19-34)51(40-28-22-36(23-29-40)46-31-50-32-48-49(46)44-16-8-9-17-47(44)52-48)39-26-20-35(21-27-39)45-30-37-12-4-5-13-41(37)42-14-6-7-15-43(42)45/h1-32H. The molecular weight excluding hydrogens is 649 g/mol. The van der Waals surface area contributed by atoms with Crippen molar-refractivity contribution in [2.45, 2.75) is 0 Å². The maximum absolute atomic E-state index is 4.64. The van der Waals surface area contributed by atoms with Gasteiger partial charge in [0.2, 0.25) is 0 Å². The van der Waals surface area contributed by atoms with Crippen LogP contribution in [0.1, 0.15) is 0 Å². The molecule has 0 atom stereocenters. The summed E-state index contributed by atoms with van der Waals surface area (Å²) in [6.45, 7) is 0. The number of rotatable bonds is 6.